The van der Waals surface area contributed by atoms with Crippen molar-refractivity contribution in [2.75, 3.05) is 33.7 Å². The summed E-state index contributed by atoms with van der Waals surface area (Å²) in [6, 6.07) is -0.300. The molecule has 0 spiro atoms. The van der Waals surface area contributed by atoms with E-state index in [0.29, 0.717) is 6.54 Å². The quantitative estimate of drug-likeness (QED) is 0.715. The Labute approximate surface area is 109 Å². The molecule has 1 saturated heterocycles. The summed E-state index contributed by atoms with van der Waals surface area (Å²) in [4.78, 5) is 15.1. The summed E-state index contributed by atoms with van der Waals surface area (Å²) in [5, 5.41) is 0. The summed E-state index contributed by atoms with van der Waals surface area (Å²) in [5.41, 5.74) is 5.57. The Morgan fingerprint density at radius 2 is 2.06 bits per heavy atom. The third kappa shape index (κ3) is 5.57. The maximum absolute atomic E-state index is 11.4. The fourth-order valence-corrected chi connectivity index (χ4v) is 1.29. The van der Waals surface area contributed by atoms with Gasteiger partial charge >= 0.3 is 0 Å². The Morgan fingerprint density at radius 1 is 1.44 bits per heavy atom. The van der Waals surface area contributed by atoms with Crippen molar-refractivity contribution in [1.82, 2.24) is 9.80 Å². The predicted molar refractivity (Wildman–Crippen MR) is 70.0 cm³/mol. The zero-order valence-electron chi connectivity index (χ0n) is 9.60. The van der Waals surface area contributed by atoms with Crippen LogP contribution in [-0.4, -0.2) is 55.5 Å². The van der Waals surface area contributed by atoms with Crippen LogP contribution in [0.4, 0.5) is 0 Å². The molecular formula is C10H19Cl2N3O. The van der Waals surface area contributed by atoms with Crippen molar-refractivity contribution in [3.63, 3.8) is 0 Å². The Bertz CT molecular complexity index is 273. The molecule has 0 bridgehead atoms. The molecule has 6 heteroatoms. The van der Waals surface area contributed by atoms with Crippen molar-refractivity contribution < 1.29 is 4.79 Å². The average Bonchev–Trinajstić information content (AvgIpc) is 2.43. The van der Waals surface area contributed by atoms with Gasteiger partial charge in [-0.1, -0.05) is 11.8 Å². The van der Waals surface area contributed by atoms with Crippen LogP contribution in [0, 0.1) is 11.8 Å². The van der Waals surface area contributed by atoms with Crippen LogP contribution in [-0.2, 0) is 4.79 Å². The summed E-state index contributed by atoms with van der Waals surface area (Å²) >= 11 is 0. The molecule has 4 nitrogen and oxygen atoms in total. The van der Waals surface area contributed by atoms with Gasteiger partial charge in [0, 0.05) is 6.54 Å². The highest BCUT2D eigenvalue weighted by Crippen LogP contribution is 2.07. The average molecular weight is 268 g/mol. The van der Waals surface area contributed by atoms with Crippen LogP contribution >= 0.6 is 24.8 Å². The van der Waals surface area contributed by atoms with Crippen LogP contribution in [0.15, 0.2) is 0 Å². The molecule has 16 heavy (non-hydrogen) atoms. The van der Waals surface area contributed by atoms with Gasteiger partial charge in [0.1, 0.15) is 0 Å². The number of nitrogens with two attached hydrogens (primary N) is 1. The summed E-state index contributed by atoms with van der Waals surface area (Å²) in [5.74, 6) is 5.99. The minimum absolute atomic E-state index is 0. The number of likely N-dealkylation sites (tertiary alicyclic amines) is 1. The van der Waals surface area contributed by atoms with Gasteiger partial charge < -0.3 is 10.6 Å². The van der Waals surface area contributed by atoms with Crippen molar-refractivity contribution in [2.24, 2.45) is 5.73 Å². The van der Waals surface area contributed by atoms with Crippen LogP contribution < -0.4 is 5.73 Å². The fraction of sp³-hybridized carbons (Fsp3) is 0.700. The molecule has 1 amide bonds. The smallest absolute Gasteiger partial charge is 0.240 e. The van der Waals surface area contributed by atoms with Crippen molar-refractivity contribution in [3.8, 4) is 11.8 Å². The maximum Gasteiger partial charge on any atom is 0.240 e. The molecule has 1 atom stereocenters. The van der Waals surface area contributed by atoms with E-state index >= 15 is 0 Å². The molecule has 1 fully saturated rings. The molecule has 94 valence electrons. The van der Waals surface area contributed by atoms with Crippen LogP contribution in [0.1, 0.15) is 6.42 Å². The van der Waals surface area contributed by atoms with Crippen molar-refractivity contribution in [3.05, 3.63) is 0 Å². The Hall–Kier alpha value is -0.470. The molecule has 0 aromatic rings. The molecule has 0 aromatic heterocycles. The number of halogens is 2. The molecule has 1 aliphatic rings. The third-order valence-corrected chi connectivity index (χ3v) is 2.13. The van der Waals surface area contributed by atoms with E-state index in [2.05, 4.69) is 11.8 Å². The van der Waals surface area contributed by atoms with Crippen LogP contribution in [0.2, 0.25) is 0 Å². The molecular weight excluding hydrogens is 249 g/mol. The van der Waals surface area contributed by atoms with Crippen LogP contribution in [0.3, 0.4) is 0 Å². The van der Waals surface area contributed by atoms with Gasteiger partial charge in [0.25, 0.3) is 0 Å². The van der Waals surface area contributed by atoms with Crippen LogP contribution in [0.25, 0.3) is 0 Å². The van der Waals surface area contributed by atoms with Gasteiger partial charge in [0.15, 0.2) is 0 Å². The zero-order valence-corrected chi connectivity index (χ0v) is 11.2. The summed E-state index contributed by atoms with van der Waals surface area (Å²) in [7, 11) is 3.93. The van der Waals surface area contributed by atoms with Gasteiger partial charge in [-0.2, -0.15) is 0 Å². The lowest BCUT2D eigenvalue weighted by molar-refractivity contribution is -0.128. The number of amides is 1. The normalized spacial score (nSPS) is 18.6. The SMILES string of the molecule is CN(C)CC#CCN1CCC(N)C1=O.Cl.Cl. The van der Waals surface area contributed by atoms with Crippen molar-refractivity contribution >= 4 is 30.7 Å². The maximum atomic E-state index is 11.4. The van der Waals surface area contributed by atoms with Gasteiger partial charge in [0.2, 0.25) is 5.91 Å². The number of carbonyl (C=O) groups excluding carboxylic acids is 1. The van der Waals surface area contributed by atoms with Crippen molar-refractivity contribution in [1.29, 1.82) is 0 Å². The van der Waals surface area contributed by atoms with Crippen LogP contribution in [0.5, 0.6) is 0 Å². The molecule has 1 heterocycles. The number of carbonyl (C=O) groups is 1. The largest absolute Gasteiger partial charge is 0.330 e. The first-order valence-corrected chi connectivity index (χ1v) is 4.76. The van der Waals surface area contributed by atoms with E-state index in [9.17, 15) is 4.79 Å². The summed E-state index contributed by atoms with van der Waals surface area (Å²) in [6.07, 6.45) is 0.758. The van der Waals surface area contributed by atoms with Gasteiger partial charge in [0.05, 0.1) is 19.1 Å². The highest BCUT2D eigenvalue weighted by molar-refractivity contribution is 5.85. The first-order chi connectivity index (χ1) is 6.61. The molecule has 1 unspecified atom stereocenters. The molecule has 1 rings (SSSR count). The Morgan fingerprint density at radius 3 is 2.50 bits per heavy atom. The van der Waals surface area contributed by atoms with E-state index in [-0.39, 0.29) is 36.8 Å². The lowest BCUT2D eigenvalue weighted by Crippen LogP contribution is -2.34. The highest BCUT2D eigenvalue weighted by Gasteiger charge is 2.27. The third-order valence-electron chi connectivity index (χ3n) is 2.13. The first-order valence-electron chi connectivity index (χ1n) is 4.76. The highest BCUT2D eigenvalue weighted by atomic mass is 35.5. The minimum Gasteiger partial charge on any atom is -0.330 e. The molecule has 2 N–H and O–H groups in total. The van der Waals surface area contributed by atoms with Gasteiger partial charge in [-0.15, -0.1) is 24.8 Å². The van der Waals surface area contributed by atoms with Gasteiger partial charge in [-0.05, 0) is 20.5 Å². The molecule has 0 radical (unpaired) electrons. The van der Waals surface area contributed by atoms with E-state index in [1.165, 1.54) is 0 Å². The summed E-state index contributed by atoms with van der Waals surface area (Å²) in [6.45, 7) is 1.99. The summed E-state index contributed by atoms with van der Waals surface area (Å²) < 4.78 is 0. The van der Waals surface area contributed by atoms with E-state index in [4.69, 9.17) is 5.73 Å². The topological polar surface area (TPSA) is 49.6 Å². The molecule has 0 aliphatic carbocycles. The number of rotatable bonds is 2. The molecule has 0 saturated carbocycles. The second-order valence-electron chi connectivity index (χ2n) is 3.75. The second kappa shape index (κ2) is 8.66. The van der Waals surface area contributed by atoms with Gasteiger partial charge in [-0.25, -0.2) is 0 Å². The lowest BCUT2D eigenvalue weighted by atomic mass is 10.3. The second-order valence-corrected chi connectivity index (χ2v) is 3.75. The number of nitrogens with zero attached hydrogens (tertiary/aromatic N) is 2. The fourth-order valence-electron chi connectivity index (χ4n) is 1.29. The Balaban J connectivity index is 0. The Kier molecular flexibility index (Phi) is 9.69. The molecule has 1 aliphatic heterocycles. The van der Waals surface area contributed by atoms with E-state index in [1.807, 2.05) is 19.0 Å². The van der Waals surface area contributed by atoms with E-state index in [0.717, 1.165) is 19.5 Å². The molecule has 0 aromatic carbocycles. The standard InChI is InChI=1S/C10H17N3O.2ClH/c1-12(2)6-3-4-7-13-8-5-9(11)10(13)14;;/h9H,5-8,11H2,1-2H3;2*1H. The van der Waals surface area contributed by atoms with E-state index in [1.54, 1.807) is 4.90 Å². The number of hydrogen-bond donors (Lipinski definition) is 1. The zero-order chi connectivity index (χ0) is 10.6. The number of hydrogen-bond acceptors (Lipinski definition) is 3. The minimum atomic E-state index is -0.300. The lowest BCUT2D eigenvalue weighted by Gasteiger charge is -2.11. The first kappa shape index (κ1) is 17.9. The predicted octanol–water partition coefficient (Wildman–Crippen LogP) is -0.0454. The monoisotopic (exact) mass is 267 g/mol. The van der Waals surface area contributed by atoms with Crippen molar-refractivity contribution in [2.45, 2.75) is 12.5 Å². The van der Waals surface area contributed by atoms with E-state index < -0.39 is 0 Å². The van der Waals surface area contributed by atoms with Gasteiger partial charge in [-0.3, -0.25) is 9.69 Å².